The van der Waals surface area contributed by atoms with Gasteiger partial charge in [0.2, 0.25) is 20.0 Å². The van der Waals surface area contributed by atoms with Gasteiger partial charge in [0.05, 0.1) is 34.6 Å². The molecule has 12 nitrogen and oxygen atoms in total. The Kier molecular flexibility index (Phi) is 12.7. The molecule has 1 fully saturated rings. The lowest BCUT2D eigenvalue weighted by Crippen LogP contribution is -2.43. The maximum absolute atomic E-state index is 14.0. The second-order valence-corrected chi connectivity index (χ2v) is 17.6. The zero-order valence-electron chi connectivity index (χ0n) is 30.6. The summed E-state index contributed by atoms with van der Waals surface area (Å²) in [7, 11) is -7.92. The zero-order chi connectivity index (χ0) is 38.3. The molecule has 0 saturated carbocycles. The van der Waals surface area contributed by atoms with Gasteiger partial charge in [-0.25, -0.2) is 16.8 Å². The van der Waals surface area contributed by atoms with E-state index in [1.54, 1.807) is 71.6 Å². The molecule has 1 amide bonds. The van der Waals surface area contributed by atoms with E-state index in [-0.39, 0.29) is 67.6 Å². The van der Waals surface area contributed by atoms with Gasteiger partial charge < -0.3 is 24.8 Å². The Hall–Kier alpha value is -4.31. The fourth-order valence-corrected chi connectivity index (χ4v) is 9.67. The highest BCUT2D eigenvalue weighted by Crippen LogP contribution is 2.32. The molecule has 54 heavy (non-hydrogen) atoms. The molecule has 4 aromatic carbocycles. The number of fused-ring (bicyclic) bond motifs is 2. The molecule has 4 aromatic rings. The first-order chi connectivity index (χ1) is 25.9. The van der Waals surface area contributed by atoms with Crippen LogP contribution in [0.15, 0.2) is 107 Å². The Labute approximate surface area is 318 Å². The van der Waals surface area contributed by atoms with Crippen LogP contribution in [0.25, 0.3) is 0 Å². The molecule has 2 aliphatic heterocycles. The molecule has 0 aromatic heterocycles. The van der Waals surface area contributed by atoms with Gasteiger partial charge in [0.15, 0.2) is 0 Å². The van der Waals surface area contributed by atoms with Crippen molar-refractivity contribution in [3.63, 3.8) is 0 Å². The number of rotatable bonds is 17. The molecule has 6 rings (SSSR count). The van der Waals surface area contributed by atoms with E-state index in [1.165, 1.54) is 8.61 Å². The molecule has 2 N–H and O–H groups in total. The fraction of sp³-hybridized carbons (Fsp3) is 0.375. The monoisotopic (exact) mass is 776 g/mol. The van der Waals surface area contributed by atoms with Crippen molar-refractivity contribution < 1.29 is 36.2 Å². The predicted molar refractivity (Wildman–Crippen MR) is 206 cm³/mol. The van der Waals surface area contributed by atoms with Crippen molar-refractivity contribution in [2.24, 2.45) is 0 Å². The third kappa shape index (κ3) is 9.31. The summed E-state index contributed by atoms with van der Waals surface area (Å²) in [6.07, 6.45) is 0.839. The number of sulfonamides is 2. The van der Waals surface area contributed by atoms with Crippen LogP contribution in [-0.4, -0.2) is 99.6 Å². The van der Waals surface area contributed by atoms with Crippen LogP contribution in [0.2, 0.25) is 0 Å². The number of nitrogens with zero attached hydrogens (tertiary/aromatic N) is 3. The Morgan fingerprint density at radius 2 is 1.37 bits per heavy atom. The van der Waals surface area contributed by atoms with Crippen LogP contribution in [0.5, 0.6) is 5.75 Å². The lowest BCUT2D eigenvalue weighted by molar-refractivity contribution is 0.0581. The van der Waals surface area contributed by atoms with E-state index in [2.05, 4.69) is 5.32 Å². The van der Waals surface area contributed by atoms with Crippen molar-refractivity contribution in [1.82, 2.24) is 13.5 Å². The Balaban J connectivity index is 1.16. The number of carbonyl (C=O) groups excluding carboxylic acids is 1. The van der Waals surface area contributed by atoms with Crippen LogP contribution in [-0.2, 0) is 31.4 Å². The first-order valence-corrected chi connectivity index (χ1v) is 21.1. The van der Waals surface area contributed by atoms with Crippen molar-refractivity contribution in [3.8, 4) is 5.75 Å². The number of amides is 1. The van der Waals surface area contributed by atoms with E-state index in [0.717, 1.165) is 23.1 Å². The van der Waals surface area contributed by atoms with Gasteiger partial charge in [0.1, 0.15) is 18.6 Å². The molecule has 0 aliphatic carbocycles. The number of aliphatic hydroxyl groups excluding tert-OH is 1. The minimum atomic E-state index is -4.00. The number of ether oxygens (including phenoxy) is 2. The highest BCUT2D eigenvalue weighted by atomic mass is 32.2. The summed E-state index contributed by atoms with van der Waals surface area (Å²) in [4.78, 5) is 15.3. The van der Waals surface area contributed by atoms with Crippen molar-refractivity contribution in [3.05, 3.63) is 119 Å². The smallest absolute Gasteiger partial charge is 0.256 e. The van der Waals surface area contributed by atoms with Crippen molar-refractivity contribution >= 4 is 31.6 Å². The van der Waals surface area contributed by atoms with Crippen molar-refractivity contribution in [1.29, 1.82) is 0 Å². The van der Waals surface area contributed by atoms with Gasteiger partial charge >= 0.3 is 0 Å². The van der Waals surface area contributed by atoms with E-state index in [0.29, 0.717) is 36.6 Å². The molecule has 0 radical (unpaired) electrons. The fourth-order valence-electron chi connectivity index (χ4n) is 6.74. The van der Waals surface area contributed by atoms with Gasteiger partial charge in [-0.1, -0.05) is 65.7 Å². The molecule has 0 bridgehead atoms. The summed E-state index contributed by atoms with van der Waals surface area (Å²) >= 11 is 0. The highest BCUT2D eigenvalue weighted by Gasteiger charge is 2.38. The van der Waals surface area contributed by atoms with Crippen LogP contribution in [0.3, 0.4) is 0 Å². The molecule has 2 heterocycles. The molecule has 288 valence electrons. The first kappa shape index (κ1) is 39.4. The number of hydrogen-bond donors (Lipinski definition) is 2. The summed E-state index contributed by atoms with van der Waals surface area (Å²) in [6, 6.07) is 27.5. The Morgan fingerprint density at radius 1 is 0.778 bits per heavy atom. The van der Waals surface area contributed by atoms with Crippen molar-refractivity contribution in [2.75, 3.05) is 51.3 Å². The van der Waals surface area contributed by atoms with Gasteiger partial charge in [-0.05, 0) is 81.1 Å². The third-order valence-electron chi connectivity index (χ3n) is 9.79. The van der Waals surface area contributed by atoms with Crippen LogP contribution in [0, 0.1) is 13.8 Å². The third-order valence-corrected chi connectivity index (χ3v) is 13.6. The molecule has 1 unspecified atom stereocenters. The largest absolute Gasteiger partial charge is 0.492 e. The number of aliphatic hydroxyl groups is 1. The van der Waals surface area contributed by atoms with E-state index in [1.807, 2.05) is 44.2 Å². The summed E-state index contributed by atoms with van der Waals surface area (Å²) in [5, 5.41) is 13.7. The number of hydrogen-bond acceptors (Lipinski definition) is 9. The second kappa shape index (κ2) is 17.4. The molecular weight excluding hydrogens is 729 g/mol. The summed E-state index contributed by atoms with van der Waals surface area (Å²) in [6.45, 7) is 4.89. The standard InChI is InChI=1S/C40H48N4O8S2/c1-30-11-16-34(17-12-30)53(47,48)42(24-26-51-29-32-8-4-3-5-9-32)21-7-22-43(54(49,50)35-18-13-31(2)14-19-35)25-27-52-33-15-20-37-36(28-33)40(46)44-23-6-10-38(44)39(45)41-37/h3-5,8-9,11-20,28,38-39,41,45H,6-7,10,21-27,29H2,1-2H3/t38-,39?/m0/s1. The number of benzene rings is 4. The van der Waals surface area contributed by atoms with E-state index >= 15 is 0 Å². The number of nitrogens with one attached hydrogen (secondary N) is 1. The second-order valence-electron chi connectivity index (χ2n) is 13.7. The van der Waals surface area contributed by atoms with Crippen molar-refractivity contribution in [2.45, 2.75) is 61.8 Å². The molecular formula is C40H48N4O8S2. The zero-order valence-corrected chi connectivity index (χ0v) is 32.3. The molecule has 2 atom stereocenters. The minimum absolute atomic E-state index is 0.0190. The number of anilines is 1. The van der Waals surface area contributed by atoms with Gasteiger partial charge in [-0.3, -0.25) is 4.79 Å². The van der Waals surface area contributed by atoms with Crippen LogP contribution < -0.4 is 10.1 Å². The maximum Gasteiger partial charge on any atom is 0.256 e. The van der Waals surface area contributed by atoms with Gasteiger partial charge in [0.25, 0.3) is 5.91 Å². The summed E-state index contributed by atoms with van der Waals surface area (Å²) < 4.78 is 70.3. The lowest BCUT2D eigenvalue weighted by Gasteiger charge is -2.26. The molecule has 1 saturated heterocycles. The van der Waals surface area contributed by atoms with Gasteiger partial charge in [-0.15, -0.1) is 0 Å². The van der Waals surface area contributed by atoms with Crippen LogP contribution in [0.4, 0.5) is 5.69 Å². The summed E-state index contributed by atoms with van der Waals surface area (Å²) in [5.41, 5.74) is 3.70. The van der Waals surface area contributed by atoms with E-state index in [9.17, 15) is 26.7 Å². The minimum Gasteiger partial charge on any atom is -0.492 e. The predicted octanol–water partition coefficient (Wildman–Crippen LogP) is 5.02. The number of carbonyl (C=O) groups is 1. The van der Waals surface area contributed by atoms with E-state index in [4.69, 9.17) is 9.47 Å². The van der Waals surface area contributed by atoms with E-state index < -0.39 is 26.3 Å². The Morgan fingerprint density at radius 3 is 1.98 bits per heavy atom. The van der Waals surface area contributed by atoms with Gasteiger partial charge in [0, 0.05) is 38.4 Å². The van der Waals surface area contributed by atoms with Gasteiger partial charge in [-0.2, -0.15) is 8.61 Å². The normalized spacial score (nSPS) is 17.3. The average molecular weight is 777 g/mol. The van der Waals surface area contributed by atoms with Crippen LogP contribution in [0.1, 0.15) is 46.3 Å². The molecule has 2 aliphatic rings. The first-order valence-electron chi connectivity index (χ1n) is 18.2. The number of aryl methyl sites for hydroxylation is 2. The average Bonchev–Trinajstić information content (AvgIpc) is 3.63. The SMILES string of the molecule is Cc1ccc(S(=O)(=O)N(CCCN(CCOc2ccc3c(c2)C(=O)N2CCC[C@H]2C(O)N3)S(=O)(=O)c2ccc(C)cc2)CCOCc2ccccc2)cc1. The topological polar surface area (TPSA) is 146 Å². The van der Waals surface area contributed by atoms with Crippen LogP contribution >= 0.6 is 0 Å². The Bertz CT molecular complexity index is 2100. The highest BCUT2D eigenvalue weighted by molar-refractivity contribution is 7.89. The quantitative estimate of drug-likeness (QED) is 0.141. The molecule has 0 spiro atoms. The maximum atomic E-state index is 14.0. The summed E-state index contributed by atoms with van der Waals surface area (Å²) in [5.74, 6) is 0.191. The molecule has 14 heteroatoms. The lowest BCUT2D eigenvalue weighted by atomic mass is 10.1.